The Labute approximate surface area is 58.1 Å². The highest BCUT2D eigenvalue weighted by Gasteiger charge is 2.25. The van der Waals surface area contributed by atoms with Crippen molar-refractivity contribution in [1.82, 2.24) is 0 Å². The molecule has 9 heavy (non-hydrogen) atoms. The number of nitrogens with two attached hydrogens (primary N) is 1. The molecule has 0 aliphatic carbocycles. The van der Waals surface area contributed by atoms with Gasteiger partial charge in [-0.25, -0.2) is 0 Å². The molecule has 0 spiro atoms. The molecule has 0 bridgehead atoms. The van der Waals surface area contributed by atoms with Gasteiger partial charge in [0.1, 0.15) is 0 Å². The van der Waals surface area contributed by atoms with Crippen molar-refractivity contribution >= 4 is 16.5 Å². The molecule has 4 heteroatoms. The summed E-state index contributed by atoms with van der Waals surface area (Å²) in [7, 11) is 0.453. The van der Waals surface area contributed by atoms with Crippen LogP contribution in [0.1, 0.15) is 13.8 Å². The maximum atomic E-state index is 10.8. The van der Waals surface area contributed by atoms with Crippen LogP contribution in [-0.2, 0) is 9.22 Å². The summed E-state index contributed by atoms with van der Waals surface area (Å²) in [6.07, 6.45) is 0. The molecule has 0 aromatic carbocycles. The van der Waals surface area contributed by atoms with Gasteiger partial charge in [0.15, 0.2) is 0 Å². The van der Waals surface area contributed by atoms with Crippen molar-refractivity contribution in [3.63, 3.8) is 0 Å². The number of hydrogen-bond donors (Lipinski definition) is 1. The Bertz CT molecular complexity index is 114. The van der Waals surface area contributed by atoms with Gasteiger partial charge in [-0.05, 0) is 13.8 Å². The molecule has 0 atom stereocenters. The Morgan fingerprint density at radius 3 is 2.33 bits per heavy atom. The van der Waals surface area contributed by atoms with Crippen molar-refractivity contribution in [2.75, 3.05) is 6.54 Å². The summed E-state index contributed by atoms with van der Waals surface area (Å²) >= 11 is 0. The van der Waals surface area contributed by atoms with E-state index in [-0.39, 0.29) is 5.97 Å². The van der Waals surface area contributed by atoms with Gasteiger partial charge >= 0.3 is 0 Å². The number of carbonyl (C=O) groups excluding carboxylic acids is 1. The SMILES string of the molecule is CC(C)(CN)C(=O)O[SiH3]. The van der Waals surface area contributed by atoms with Crippen molar-refractivity contribution in [3.8, 4) is 0 Å². The maximum absolute atomic E-state index is 10.8. The molecule has 0 aromatic heterocycles. The second-order valence-corrected chi connectivity index (χ2v) is 2.99. The predicted molar refractivity (Wildman–Crippen MR) is 38.9 cm³/mol. The van der Waals surface area contributed by atoms with E-state index in [2.05, 4.69) is 4.43 Å². The fourth-order valence-electron chi connectivity index (χ4n) is 0.360. The second kappa shape index (κ2) is 2.98. The van der Waals surface area contributed by atoms with Gasteiger partial charge in [0, 0.05) is 6.54 Å². The van der Waals surface area contributed by atoms with Crippen LogP contribution in [-0.4, -0.2) is 23.0 Å². The van der Waals surface area contributed by atoms with E-state index in [0.717, 1.165) is 0 Å². The molecule has 0 aliphatic rings. The zero-order chi connectivity index (χ0) is 7.49. The first kappa shape index (κ1) is 8.65. The molecular weight excluding hydrogens is 134 g/mol. The molecule has 0 amide bonds. The zero-order valence-corrected chi connectivity index (χ0v) is 8.10. The monoisotopic (exact) mass is 147 g/mol. The van der Waals surface area contributed by atoms with E-state index in [1.54, 1.807) is 13.8 Å². The van der Waals surface area contributed by atoms with Crippen LogP contribution in [0.3, 0.4) is 0 Å². The molecule has 0 aliphatic heterocycles. The topological polar surface area (TPSA) is 52.3 Å². The van der Waals surface area contributed by atoms with Gasteiger partial charge in [-0.15, -0.1) is 0 Å². The molecule has 54 valence electrons. The van der Waals surface area contributed by atoms with Gasteiger partial charge in [0.05, 0.1) is 5.41 Å². The lowest BCUT2D eigenvalue weighted by molar-refractivity contribution is -0.143. The molecule has 0 unspecified atom stereocenters. The Kier molecular flexibility index (Phi) is 2.86. The Hall–Kier alpha value is -0.353. The minimum Gasteiger partial charge on any atom is -0.528 e. The number of rotatable bonds is 2. The standard InChI is InChI=1S/C5H13NO2Si/c1-5(2,3-6)4(7)8-9/h3,6H2,1-2,9H3. The number of hydrogen-bond acceptors (Lipinski definition) is 3. The van der Waals surface area contributed by atoms with Crippen LogP contribution in [0, 0.1) is 5.41 Å². The van der Waals surface area contributed by atoms with Gasteiger partial charge in [0.25, 0.3) is 5.97 Å². The lowest BCUT2D eigenvalue weighted by Gasteiger charge is -2.18. The minimum atomic E-state index is -0.498. The van der Waals surface area contributed by atoms with Gasteiger partial charge in [-0.1, -0.05) is 0 Å². The summed E-state index contributed by atoms with van der Waals surface area (Å²) in [5.41, 5.74) is 4.80. The average molecular weight is 147 g/mol. The van der Waals surface area contributed by atoms with Gasteiger partial charge in [-0.2, -0.15) is 0 Å². The van der Waals surface area contributed by atoms with E-state index in [0.29, 0.717) is 17.0 Å². The summed E-state index contributed by atoms with van der Waals surface area (Å²) in [6.45, 7) is 3.88. The normalized spacial score (nSPS) is 11.4. The number of carbonyl (C=O) groups is 1. The highest BCUT2D eigenvalue weighted by atomic mass is 28.2. The van der Waals surface area contributed by atoms with Gasteiger partial charge in [0.2, 0.25) is 10.5 Å². The third-order valence-corrected chi connectivity index (χ3v) is 1.62. The smallest absolute Gasteiger partial charge is 0.298 e. The summed E-state index contributed by atoms with van der Waals surface area (Å²) in [5.74, 6) is -0.198. The lowest BCUT2D eigenvalue weighted by atomic mass is 9.95. The molecule has 3 nitrogen and oxygen atoms in total. The molecule has 0 radical (unpaired) electrons. The van der Waals surface area contributed by atoms with Crippen LogP contribution in [0.2, 0.25) is 0 Å². The van der Waals surface area contributed by atoms with Crippen molar-refractivity contribution in [1.29, 1.82) is 0 Å². The lowest BCUT2D eigenvalue weighted by Crippen LogP contribution is -2.33. The molecule has 0 aromatic rings. The van der Waals surface area contributed by atoms with E-state index in [1.807, 2.05) is 0 Å². The first-order chi connectivity index (χ1) is 4.04. The van der Waals surface area contributed by atoms with Crippen molar-refractivity contribution < 1.29 is 9.22 Å². The highest BCUT2D eigenvalue weighted by molar-refractivity contribution is 6.06. The van der Waals surface area contributed by atoms with E-state index in [4.69, 9.17) is 5.73 Å². The Morgan fingerprint density at radius 1 is 1.78 bits per heavy atom. The van der Waals surface area contributed by atoms with Gasteiger partial charge in [-0.3, -0.25) is 4.79 Å². The Morgan fingerprint density at radius 2 is 2.22 bits per heavy atom. The molecular formula is C5H13NO2Si. The molecule has 2 N–H and O–H groups in total. The average Bonchev–Trinajstić information content (AvgIpc) is 1.86. The molecule has 0 heterocycles. The van der Waals surface area contributed by atoms with E-state index < -0.39 is 5.41 Å². The molecule has 0 saturated carbocycles. The summed E-state index contributed by atoms with van der Waals surface area (Å²) in [6, 6.07) is 0. The van der Waals surface area contributed by atoms with Crippen molar-refractivity contribution in [3.05, 3.63) is 0 Å². The second-order valence-electron chi connectivity index (χ2n) is 2.58. The molecule has 0 fully saturated rings. The predicted octanol–water partition coefficient (Wildman–Crippen LogP) is -1.21. The van der Waals surface area contributed by atoms with E-state index >= 15 is 0 Å². The fraction of sp³-hybridized carbons (Fsp3) is 0.800. The quantitative estimate of drug-likeness (QED) is 0.499. The minimum absolute atomic E-state index is 0.198. The van der Waals surface area contributed by atoms with Crippen LogP contribution in [0.15, 0.2) is 0 Å². The van der Waals surface area contributed by atoms with E-state index in [9.17, 15) is 4.79 Å². The van der Waals surface area contributed by atoms with E-state index in [1.165, 1.54) is 0 Å². The first-order valence-electron chi connectivity index (χ1n) is 2.83. The zero-order valence-electron chi connectivity index (χ0n) is 6.10. The van der Waals surface area contributed by atoms with Crippen LogP contribution in [0.5, 0.6) is 0 Å². The van der Waals surface area contributed by atoms with Crippen LogP contribution < -0.4 is 5.73 Å². The van der Waals surface area contributed by atoms with Gasteiger partial charge < -0.3 is 10.2 Å². The Balaban J connectivity index is 3.97. The summed E-state index contributed by atoms with van der Waals surface area (Å²) in [5, 5.41) is 0. The van der Waals surface area contributed by atoms with Crippen molar-refractivity contribution in [2.45, 2.75) is 13.8 Å². The third kappa shape index (κ3) is 2.15. The summed E-state index contributed by atoms with van der Waals surface area (Å²) < 4.78 is 4.63. The maximum Gasteiger partial charge on any atom is 0.298 e. The van der Waals surface area contributed by atoms with Crippen LogP contribution >= 0.6 is 0 Å². The van der Waals surface area contributed by atoms with Crippen LogP contribution in [0.4, 0.5) is 0 Å². The molecule has 0 saturated heterocycles. The molecule has 0 rings (SSSR count). The first-order valence-corrected chi connectivity index (χ1v) is 3.64. The highest BCUT2D eigenvalue weighted by Crippen LogP contribution is 2.13. The van der Waals surface area contributed by atoms with Crippen molar-refractivity contribution in [2.24, 2.45) is 11.1 Å². The summed E-state index contributed by atoms with van der Waals surface area (Å²) in [4.78, 5) is 10.8. The van der Waals surface area contributed by atoms with Crippen LogP contribution in [0.25, 0.3) is 0 Å². The third-order valence-electron chi connectivity index (χ3n) is 1.25. The fourth-order valence-corrected chi connectivity index (χ4v) is 0.912. The largest absolute Gasteiger partial charge is 0.528 e.